The van der Waals surface area contributed by atoms with Gasteiger partial charge >= 0.3 is 0 Å². The summed E-state index contributed by atoms with van der Waals surface area (Å²) in [6.07, 6.45) is 0.793. The minimum Gasteiger partial charge on any atom is -0.350 e. The van der Waals surface area contributed by atoms with Gasteiger partial charge in [-0.3, -0.25) is 4.79 Å². The first-order chi connectivity index (χ1) is 7.53. The zero-order chi connectivity index (χ0) is 12.0. The van der Waals surface area contributed by atoms with Crippen molar-refractivity contribution in [3.8, 4) is 0 Å². The molecule has 0 aliphatic carbocycles. The molecule has 0 spiro atoms. The van der Waals surface area contributed by atoms with Crippen LogP contribution >= 0.6 is 23.7 Å². The van der Waals surface area contributed by atoms with Crippen LogP contribution < -0.4 is 11.1 Å². The van der Waals surface area contributed by atoms with Crippen LogP contribution in [-0.2, 0) is 11.2 Å². The summed E-state index contributed by atoms with van der Waals surface area (Å²) in [5, 5.41) is 6.02. The molecule has 3 N–H and O–H groups in total. The van der Waals surface area contributed by atoms with Gasteiger partial charge in [0.15, 0.2) is 0 Å². The molecule has 0 saturated carbocycles. The van der Waals surface area contributed by atoms with E-state index in [-0.39, 0.29) is 24.7 Å². The molecule has 0 aliphatic heterocycles. The quantitative estimate of drug-likeness (QED) is 0.837. The van der Waals surface area contributed by atoms with Crippen molar-refractivity contribution in [3.05, 3.63) is 22.4 Å². The number of rotatable bonds is 6. The van der Waals surface area contributed by atoms with Crippen molar-refractivity contribution >= 4 is 29.7 Å². The summed E-state index contributed by atoms with van der Waals surface area (Å²) in [6, 6.07) is 1.91. The van der Waals surface area contributed by atoms with Crippen molar-refractivity contribution < 1.29 is 13.6 Å². The monoisotopic (exact) mass is 284 g/mol. The van der Waals surface area contributed by atoms with Gasteiger partial charge in [0.05, 0.1) is 13.1 Å². The lowest BCUT2D eigenvalue weighted by molar-refractivity contribution is -0.122. The Kier molecular flexibility index (Phi) is 7.26. The van der Waals surface area contributed by atoms with Crippen LogP contribution in [0.4, 0.5) is 8.78 Å². The van der Waals surface area contributed by atoms with Crippen LogP contribution in [0.1, 0.15) is 12.0 Å². The molecular formula is C10H15ClF2N2OS. The number of halogens is 3. The van der Waals surface area contributed by atoms with Gasteiger partial charge in [0.2, 0.25) is 5.91 Å². The largest absolute Gasteiger partial charge is 0.350 e. The Morgan fingerprint density at radius 3 is 2.76 bits per heavy atom. The molecule has 7 heteroatoms. The van der Waals surface area contributed by atoms with Crippen molar-refractivity contribution in [2.75, 3.05) is 13.1 Å². The van der Waals surface area contributed by atoms with Gasteiger partial charge in [0.25, 0.3) is 5.92 Å². The molecule has 1 aromatic heterocycles. The predicted molar refractivity (Wildman–Crippen MR) is 66.9 cm³/mol. The summed E-state index contributed by atoms with van der Waals surface area (Å²) in [6.45, 7) is -1.44. The summed E-state index contributed by atoms with van der Waals surface area (Å²) < 4.78 is 25.4. The molecule has 0 bridgehead atoms. The van der Waals surface area contributed by atoms with Gasteiger partial charge in [0, 0.05) is 6.42 Å². The molecule has 1 heterocycles. The molecule has 0 aromatic carbocycles. The predicted octanol–water partition coefficient (Wildman–Crippen LogP) is 1.81. The number of hydrogen-bond acceptors (Lipinski definition) is 3. The van der Waals surface area contributed by atoms with Gasteiger partial charge in [-0.05, 0) is 28.8 Å². The number of nitrogens with two attached hydrogens (primary N) is 1. The van der Waals surface area contributed by atoms with Crippen molar-refractivity contribution in [2.45, 2.75) is 18.8 Å². The van der Waals surface area contributed by atoms with Crippen LogP contribution in [-0.4, -0.2) is 24.9 Å². The zero-order valence-electron chi connectivity index (χ0n) is 9.12. The first-order valence-electron chi connectivity index (χ1n) is 4.89. The van der Waals surface area contributed by atoms with Gasteiger partial charge < -0.3 is 11.1 Å². The maximum atomic E-state index is 12.7. The van der Waals surface area contributed by atoms with E-state index in [1.54, 1.807) is 11.3 Å². The first-order valence-corrected chi connectivity index (χ1v) is 5.83. The Labute approximate surface area is 109 Å². The molecule has 0 saturated heterocycles. The van der Waals surface area contributed by atoms with Gasteiger partial charge in [-0.1, -0.05) is 0 Å². The minimum atomic E-state index is -3.02. The van der Waals surface area contributed by atoms with Crippen molar-refractivity contribution in [1.29, 1.82) is 0 Å². The highest BCUT2D eigenvalue weighted by Gasteiger charge is 2.26. The van der Waals surface area contributed by atoms with E-state index >= 15 is 0 Å². The smallest absolute Gasteiger partial charge is 0.277 e. The number of alkyl halides is 2. The molecule has 0 atom stereocenters. The molecular weight excluding hydrogens is 270 g/mol. The van der Waals surface area contributed by atoms with Crippen molar-refractivity contribution in [1.82, 2.24) is 5.32 Å². The average Bonchev–Trinajstić information content (AvgIpc) is 2.76. The summed E-state index contributed by atoms with van der Waals surface area (Å²) in [5.41, 5.74) is 5.89. The Hall–Kier alpha value is -0.720. The summed E-state index contributed by atoms with van der Waals surface area (Å²) in [5.74, 6) is -3.39. The first kappa shape index (κ1) is 16.3. The molecule has 0 aliphatic rings. The van der Waals surface area contributed by atoms with Gasteiger partial charge in [0.1, 0.15) is 0 Å². The molecule has 3 nitrogen and oxygen atoms in total. The van der Waals surface area contributed by atoms with Crippen molar-refractivity contribution in [3.63, 3.8) is 0 Å². The van der Waals surface area contributed by atoms with E-state index in [2.05, 4.69) is 5.32 Å². The highest BCUT2D eigenvalue weighted by atomic mass is 35.5. The Morgan fingerprint density at radius 1 is 1.53 bits per heavy atom. The SMILES string of the molecule is Cl.NCC(F)(F)CNC(=O)CCc1ccsc1. The van der Waals surface area contributed by atoms with E-state index in [1.165, 1.54) is 0 Å². The van der Waals surface area contributed by atoms with E-state index in [1.807, 2.05) is 16.8 Å². The Bertz CT molecular complexity index is 333. The fourth-order valence-electron chi connectivity index (χ4n) is 1.08. The lowest BCUT2D eigenvalue weighted by Crippen LogP contribution is -2.41. The zero-order valence-corrected chi connectivity index (χ0v) is 10.8. The summed E-state index contributed by atoms with van der Waals surface area (Å²) >= 11 is 1.54. The normalized spacial score (nSPS) is 10.8. The van der Waals surface area contributed by atoms with E-state index in [9.17, 15) is 13.6 Å². The molecule has 17 heavy (non-hydrogen) atoms. The second kappa shape index (κ2) is 7.58. The second-order valence-corrected chi connectivity index (χ2v) is 4.25. The molecule has 1 aromatic rings. The van der Waals surface area contributed by atoms with Crippen molar-refractivity contribution in [2.24, 2.45) is 5.73 Å². The van der Waals surface area contributed by atoms with E-state index in [4.69, 9.17) is 5.73 Å². The van der Waals surface area contributed by atoms with E-state index < -0.39 is 19.0 Å². The molecule has 0 unspecified atom stereocenters. The number of carbonyl (C=O) groups is 1. The number of amides is 1. The molecule has 0 radical (unpaired) electrons. The van der Waals surface area contributed by atoms with Crippen LogP contribution in [0.2, 0.25) is 0 Å². The fraction of sp³-hybridized carbons (Fsp3) is 0.500. The number of aryl methyl sites for hydroxylation is 1. The molecule has 1 rings (SSSR count). The van der Waals surface area contributed by atoms with Crippen LogP contribution in [0.5, 0.6) is 0 Å². The third-order valence-corrected chi connectivity index (χ3v) is 2.80. The van der Waals surface area contributed by atoms with Gasteiger partial charge in [-0.15, -0.1) is 12.4 Å². The van der Waals surface area contributed by atoms with Crippen LogP contribution in [0.3, 0.4) is 0 Å². The molecule has 0 fully saturated rings. The van der Waals surface area contributed by atoms with Crippen LogP contribution in [0.25, 0.3) is 0 Å². The minimum absolute atomic E-state index is 0. The Morgan fingerprint density at radius 2 is 2.24 bits per heavy atom. The third kappa shape index (κ3) is 6.55. The third-order valence-electron chi connectivity index (χ3n) is 2.06. The fourth-order valence-corrected chi connectivity index (χ4v) is 1.78. The van der Waals surface area contributed by atoms with Gasteiger partial charge in [-0.2, -0.15) is 11.3 Å². The van der Waals surface area contributed by atoms with Crippen LogP contribution in [0, 0.1) is 0 Å². The Balaban J connectivity index is 0.00000256. The van der Waals surface area contributed by atoms with E-state index in [0.29, 0.717) is 6.42 Å². The number of carbonyl (C=O) groups excluding carboxylic acids is 1. The highest BCUT2D eigenvalue weighted by Crippen LogP contribution is 2.10. The standard InChI is InChI=1S/C10H14F2N2OS.ClH/c11-10(12,6-13)7-14-9(15)2-1-8-3-4-16-5-8;/h3-5H,1-2,6-7,13H2,(H,14,15);1H. The maximum absolute atomic E-state index is 12.7. The lowest BCUT2D eigenvalue weighted by Gasteiger charge is -2.14. The second-order valence-electron chi connectivity index (χ2n) is 3.47. The molecule has 98 valence electrons. The number of thiophene rings is 1. The maximum Gasteiger partial charge on any atom is 0.277 e. The number of hydrogen-bond donors (Lipinski definition) is 2. The topological polar surface area (TPSA) is 55.1 Å². The summed E-state index contributed by atoms with van der Waals surface area (Å²) in [7, 11) is 0. The van der Waals surface area contributed by atoms with Gasteiger partial charge in [-0.25, -0.2) is 8.78 Å². The number of nitrogens with one attached hydrogen (secondary N) is 1. The molecule has 1 amide bonds. The summed E-state index contributed by atoms with van der Waals surface area (Å²) in [4.78, 5) is 11.2. The van der Waals surface area contributed by atoms with Crippen LogP contribution in [0.15, 0.2) is 16.8 Å². The lowest BCUT2D eigenvalue weighted by atomic mass is 10.2. The highest BCUT2D eigenvalue weighted by molar-refractivity contribution is 7.07. The average molecular weight is 285 g/mol. The van der Waals surface area contributed by atoms with E-state index in [0.717, 1.165) is 5.56 Å².